The van der Waals surface area contributed by atoms with Gasteiger partial charge >= 0.3 is 5.97 Å². The van der Waals surface area contributed by atoms with Gasteiger partial charge in [-0.05, 0) is 18.8 Å². The van der Waals surface area contributed by atoms with E-state index in [1.54, 1.807) is 0 Å². The van der Waals surface area contributed by atoms with Gasteiger partial charge in [-0.2, -0.15) is 0 Å². The molecule has 2 fully saturated rings. The van der Waals surface area contributed by atoms with Crippen LogP contribution < -0.4 is 0 Å². The van der Waals surface area contributed by atoms with E-state index >= 15 is 0 Å². The Kier molecular flexibility index (Phi) is 3.76. The number of rotatable bonds is 3. The molecule has 0 bridgehead atoms. The third-order valence-electron chi connectivity index (χ3n) is 3.38. The lowest BCUT2D eigenvalue weighted by atomic mass is 9.87. The van der Waals surface area contributed by atoms with Gasteiger partial charge in [-0.25, -0.2) is 4.79 Å². The molecule has 1 saturated carbocycles. The van der Waals surface area contributed by atoms with Crippen LogP contribution in [0.2, 0.25) is 0 Å². The van der Waals surface area contributed by atoms with Crippen molar-refractivity contribution in [2.24, 2.45) is 5.92 Å². The van der Waals surface area contributed by atoms with Gasteiger partial charge in [-0.1, -0.05) is 19.3 Å². The standard InChI is InChI=1S/C12H17NO4/c14-10-6-7-11(15)13(10)17-12(16)8-9-4-2-1-3-5-9/h9H,1-8H2. The molecule has 0 aromatic carbocycles. The molecule has 1 heterocycles. The molecule has 5 heteroatoms. The molecule has 1 aliphatic heterocycles. The zero-order chi connectivity index (χ0) is 12.3. The summed E-state index contributed by atoms with van der Waals surface area (Å²) < 4.78 is 0. The van der Waals surface area contributed by atoms with E-state index in [2.05, 4.69) is 0 Å². The maximum Gasteiger partial charge on any atom is 0.333 e. The molecule has 2 amide bonds. The minimum absolute atomic E-state index is 0.148. The topological polar surface area (TPSA) is 63.7 Å². The SMILES string of the molecule is O=C(CC1CCCCC1)ON1C(=O)CCC1=O. The van der Waals surface area contributed by atoms with Crippen LogP contribution in [0.1, 0.15) is 51.4 Å². The Hall–Kier alpha value is -1.39. The first kappa shape index (κ1) is 12.1. The van der Waals surface area contributed by atoms with Crippen LogP contribution >= 0.6 is 0 Å². The van der Waals surface area contributed by atoms with Crippen molar-refractivity contribution < 1.29 is 19.2 Å². The highest BCUT2D eigenvalue weighted by Gasteiger charge is 2.33. The predicted molar refractivity (Wildman–Crippen MR) is 58.4 cm³/mol. The van der Waals surface area contributed by atoms with Crippen molar-refractivity contribution in [2.75, 3.05) is 0 Å². The molecule has 0 aromatic rings. The first-order valence-corrected chi connectivity index (χ1v) is 6.23. The molecule has 0 N–H and O–H groups in total. The summed E-state index contributed by atoms with van der Waals surface area (Å²) in [6, 6.07) is 0. The van der Waals surface area contributed by atoms with E-state index in [0.717, 1.165) is 25.7 Å². The Labute approximate surface area is 100 Å². The van der Waals surface area contributed by atoms with Gasteiger partial charge < -0.3 is 4.84 Å². The Morgan fingerprint density at radius 1 is 1.12 bits per heavy atom. The first-order valence-electron chi connectivity index (χ1n) is 6.23. The second-order valence-electron chi connectivity index (χ2n) is 4.75. The number of carbonyl (C=O) groups is 3. The summed E-state index contributed by atoms with van der Waals surface area (Å²) in [5.74, 6) is -0.927. The average molecular weight is 239 g/mol. The molecule has 94 valence electrons. The molecule has 2 aliphatic rings. The van der Waals surface area contributed by atoms with Crippen molar-refractivity contribution in [1.82, 2.24) is 5.06 Å². The number of amides is 2. The van der Waals surface area contributed by atoms with Crippen molar-refractivity contribution in [1.29, 1.82) is 0 Å². The molecule has 0 spiro atoms. The van der Waals surface area contributed by atoms with Crippen LogP contribution in [-0.2, 0) is 19.2 Å². The average Bonchev–Trinajstić information content (AvgIpc) is 2.62. The van der Waals surface area contributed by atoms with Crippen LogP contribution in [0.5, 0.6) is 0 Å². The molecule has 0 unspecified atom stereocenters. The summed E-state index contributed by atoms with van der Waals surface area (Å²) in [5.41, 5.74) is 0. The van der Waals surface area contributed by atoms with E-state index in [9.17, 15) is 14.4 Å². The van der Waals surface area contributed by atoms with E-state index in [-0.39, 0.29) is 12.8 Å². The molecule has 0 aromatic heterocycles. The minimum Gasteiger partial charge on any atom is -0.330 e. The van der Waals surface area contributed by atoms with Crippen molar-refractivity contribution >= 4 is 17.8 Å². The van der Waals surface area contributed by atoms with E-state index in [4.69, 9.17) is 4.84 Å². The smallest absolute Gasteiger partial charge is 0.330 e. The summed E-state index contributed by atoms with van der Waals surface area (Å²) in [4.78, 5) is 38.9. The van der Waals surface area contributed by atoms with Gasteiger partial charge in [0.2, 0.25) is 0 Å². The fraction of sp³-hybridized carbons (Fsp3) is 0.750. The van der Waals surface area contributed by atoms with Crippen LogP contribution in [0.15, 0.2) is 0 Å². The van der Waals surface area contributed by atoms with Gasteiger partial charge in [0.15, 0.2) is 0 Å². The monoisotopic (exact) mass is 239 g/mol. The fourth-order valence-corrected chi connectivity index (χ4v) is 2.42. The molecule has 1 aliphatic carbocycles. The van der Waals surface area contributed by atoms with Gasteiger partial charge in [-0.15, -0.1) is 5.06 Å². The maximum absolute atomic E-state index is 11.6. The lowest BCUT2D eigenvalue weighted by Gasteiger charge is -2.21. The van der Waals surface area contributed by atoms with Crippen LogP contribution in [-0.4, -0.2) is 22.8 Å². The molecule has 0 radical (unpaired) electrons. The number of hydroxylamine groups is 2. The van der Waals surface area contributed by atoms with Crippen LogP contribution in [0.4, 0.5) is 0 Å². The van der Waals surface area contributed by atoms with E-state index in [1.165, 1.54) is 6.42 Å². The van der Waals surface area contributed by atoms with Crippen molar-refractivity contribution in [2.45, 2.75) is 51.4 Å². The predicted octanol–water partition coefficient (Wildman–Crippen LogP) is 1.56. The molecule has 2 rings (SSSR count). The summed E-state index contributed by atoms with van der Waals surface area (Å²) >= 11 is 0. The molecule has 17 heavy (non-hydrogen) atoms. The van der Waals surface area contributed by atoms with Crippen molar-refractivity contribution in [3.05, 3.63) is 0 Å². The van der Waals surface area contributed by atoms with Crippen LogP contribution in [0.25, 0.3) is 0 Å². The van der Waals surface area contributed by atoms with E-state index in [1.807, 2.05) is 0 Å². The number of carbonyl (C=O) groups excluding carboxylic acids is 3. The summed E-state index contributed by atoms with van der Waals surface area (Å²) in [6.07, 6.45) is 6.23. The third kappa shape index (κ3) is 3.05. The van der Waals surface area contributed by atoms with Crippen LogP contribution in [0.3, 0.4) is 0 Å². The second-order valence-corrected chi connectivity index (χ2v) is 4.75. The highest BCUT2D eigenvalue weighted by molar-refractivity contribution is 6.01. The van der Waals surface area contributed by atoms with Crippen LogP contribution in [0, 0.1) is 5.92 Å². The maximum atomic E-state index is 11.6. The Morgan fingerprint density at radius 3 is 2.29 bits per heavy atom. The Balaban J connectivity index is 1.80. The second kappa shape index (κ2) is 5.29. The van der Waals surface area contributed by atoms with Gasteiger partial charge in [0.05, 0.1) is 6.42 Å². The zero-order valence-electron chi connectivity index (χ0n) is 9.81. The highest BCUT2D eigenvalue weighted by Crippen LogP contribution is 2.27. The van der Waals surface area contributed by atoms with Gasteiger partial charge in [0.1, 0.15) is 0 Å². The number of hydrogen-bond donors (Lipinski definition) is 0. The van der Waals surface area contributed by atoms with E-state index < -0.39 is 17.8 Å². The first-order chi connectivity index (χ1) is 8.16. The summed E-state index contributed by atoms with van der Waals surface area (Å²) in [6.45, 7) is 0. The van der Waals surface area contributed by atoms with Gasteiger partial charge in [0.25, 0.3) is 11.8 Å². The Bertz CT molecular complexity index is 317. The largest absolute Gasteiger partial charge is 0.333 e. The van der Waals surface area contributed by atoms with E-state index in [0.29, 0.717) is 17.4 Å². The summed E-state index contributed by atoms with van der Waals surface area (Å²) in [7, 11) is 0. The Morgan fingerprint density at radius 2 is 1.71 bits per heavy atom. The third-order valence-corrected chi connectivity index (χ3v) is 3.38. The molecular weight excluding hydrogens is 222 g/mol. The number of imide groups is 1. The zero-order valence-corrected chi connectivity index (χ0v) is 9.81. The van der Waals surface area contributed by atoms with Gasteiger partial charge in [0, 0.05) is 12.8 Å². The molecular formula is C12H17NO4. The molecule has 1 saturated heterocycles. The minimum atomic E-state index is -0.458. The molecule has 0 atom stereocenters. The van der Waals surface area contributed by atoms with Gasteiger partial charge in [-0.3, -0.25) is 9.59 Å². The number of nitrogens with zero attached hydrogens (tertiary/aromatic N) is 1. The lowest BCUT2D eigenvalue weighted by molar-refractivity contribution is -0.198. The highest BCUT2D eigenvalue weighted by atomic mass is 16.7. The van der Waals surface area contributed by atoms with Crippen molar-refractivity contribution in [3.63, 3.8) is 0 Å². The lowest BCUT2D eigenvalue weighted by Crippen LogP contribution is -2.32. The quantitative estimate of drug-likeness (QED) is 0.701. The number of hydrogen-bond acceptors (Lipinski definition) is 4. The fourth-order valence-electron chi connectivity index (χ4n) is 2.42. The molecule has 5 nitrogen and oxygen atoms in total. The van der Waals surface area contributed by atoms with Crippen molar-refractivity contribution in [3.8, 4) is 0 Å². The summed E-state index contributed by atoms with van der Waals surface area (Å²) in [5, 5.41) is 0.630. The normalized spacial score (nSPS) is 22.0.